The highest BCUT2D eigenvalue weighted by Gasteiger charge is 2.32. The molecule has 0 bridgehead atoms. The van der Waals surface area contributed by atoms with E-state index in [0.29, 0.717) is 0 Å². The van der Waals surface area contributed by atoms with E-state index in [4.69, 9.17) is 26.2 Å². The molecule has 0 saturated carbocycles. The zero-order chi connectivity index (χ0) is 9.89. The second-order valence-electron chi connectivity index (χ2n) is 2.14. The van der Waals surface area contributed by atoms with Gasteiger partial charge in [-0.05, 0) is 0 Å². The highest BCUT2D eigenvalue weighted by Crippen LogP contribution is 1.98. The first-order chi connectivity index (χ1) is 5.37. The number of hydrogen-bond acceptors (Lipinski definition) is 5. The van der Waals surface area contributed by atoms with E-state index < -0.39 is 30.2 Å². The van der Waals surface area contributed by atoms with Crippen molar-refractivity contribution < 1.29 is 30.0 Å². The number of aliphatic hydroxyl groups excluding tert-OH is 2. The van der Waals surface area contributed by atoms with Crippen LogP contribution in [0.4, 0.5) is 0 Å². The summed E-state index contributed by atoms with van der Waals surface area (Å²) in [6, 6.07) is -1.81. The molecule has 12 heavy (non-hydrogen) atoms. The van der Waals surface area contributed by atoms with E-state index in [-0.39, 0.29) is 0 Å². The van der Waals surface area contributed by atoms with Crippen LogP contribution in [0.5, 0.6) is 0 Å². The maximum absolute atomic E-state index is 10.1. The van der Waals surface area contributed by atoms with Gasteiger partial charge in [-0.15, -0.1) is 0 Å². The average molecular weight is 179 g/mol. The van der Waals surface area contributed by atoms with E-state index >= 15 is 0 Å². The highest BCUT2D eigenvalue weighted by molar-refractivity contribution is 5.78. The second kappa shape index (κ2) is 4.00. The lowest BCUT2D eigenvalue weighted by Crippen LogP contribution is -2.50. The molecule has 0 rings (SSSR count). The predicted octanol–water partition coefficient (Wildman–Crippen LogP) is -2.80. The molecule has 0 fully saturated rings. The molecule has 0 aromatic heterocycles. The Bertz CT molecular complexity index is 172. The Hall–Kier alpha value is -1.18. The van der Waals surface area contributed by atoms with Gasteiger partial charge in [-0.1, -0.05) is 0 Å². The topological polar surface area (TPSA) is 141 Å². The number of rotatable bonds is 4. The van der Waals surface area contributed by atoms with Gasteiger partial charge in [-0.2, -0.15) is 0 Å². The maximum atomic E-state index is 10.1. The normalized spacial score (nSPS) is 17.9. The van der Waals surface area contributed by atoms with E-state index in [0.717, 1.165) is 0 Å². The fourth-order valence-electron chi connectivity index (χ4n) is 0.489. The van der Waals surface area contributed by atoms with Crippen LogP contribution in [0, 0.1) is 0 Å². The minimum atomic E-state index is -2.18. The number of aliphatic carboxylic acids is 2. The van der Waals surface area contributed by atoms with Crippen molar-refractivity contribution in [1.29, 1.82) is 0 Å². The molecule has 3 atom stereocenters. The molecule has 0 aromatic rings. The Balaban J connectivity index is 4.28. The maximum Gasteiger partial charge on any atom is 0.335 e. The lowest BCUT2D eigenvalue weighted by Gasteiger charge is -2.16. The van der Waals surface area contributed by atoms with Crippen molar-refractivity contribution in [3.63, 3.8) is 0 Å². The molecular weight excluding hydrogens is 170 g/mol. The molecular formula is C5H9NO6. The lowest BCUT2D eigenvalue weighted by atomic mass is 10.1. The van der Waals surface area contributed by atoms with Gasteiger partial charge in [0.05, 0.1) is 0 Å². The van der Waals surface area contributed by atoms with E-state index in [2.05, 4.69) is 0 Å². The van der Waals surface area contributed by atoms with E-state index in [1.807, 2.05) is 0 Å². The monoisotopic (exact) mass is 179 g/mol. The zero-order valence-electron chi connectivity index (χ0n) is 5.91. The minimum absolute atomic E-state index is 1.58. The largest absolute Gasteiger partial charge is 0.480 e. The second-order valence-corrected chi connectivity index (χ2v) is 2.14. The van der Waals surface area contributed by atoms with Crippen LogP contribution >= 0.6 is 0 Å². The van der Waals surface area contributed by atoms with Gasteiger partial charge in [0, 0.05) is 0 Å². The smallest absolute Gasteiger partial charge is 0.335 e. The summed E-state index contributed by atoms with van der Waals surface area (Å²) in [5.41, 5.74) is 4.83. The number of aliphatic hydroxyl groups is 2. The Kier molecular flexibility index (Phi) is 3.61. The van der Waals surface area contributed by atoms with Gasteiger partial charge in [0.1, 0.15) is 12.1 Å². The number of hydrogen-bond donors (Lipinski definition) is 5. The van der Waals surface area contributed by atoms with Crippen LogP contribution in [0.2, 0.25) is 0 Å². The summed E-state index contributed by atoms with van der Waals surface area (Å²) < 4.78 is 0. The van der Waals surface area contributed by atoms with Gasteiger partial charge in [0.2, 0.25) is 0 Å². The molecule has 6 N–H and O–H groups in total. The van der Waals surface area contributed by atoms with Crippen molar-refractivity contribution in [3.8, 4) is 0 Å². The van der Waals surface area contributed by atoms with Crippen molar-refractivity contribution >= 4 is 11.9 Å². The average Bonchev–Trinajstić information content (AvgIpc) is 2.00. The Labute approximate surface area is 67.0 Å². The van der Waals surface area contributed by atoms with Crippen LogP contribution in [0.1, 0.15) is 0 Å². The standard InChI is InChI=1S/C5H9NO6/c6-1(4(9)10)2(7)3(8)5(11)12/h1-3,7-8H,6H2,(H,9,10)(H,11,12)/t1-,2-,3+/m1/s1. The number of carbonyl (C=O) groups is 2. The van der Waals surface area contributed by atoms with Crippen molar-refractivity contribution in [2.24, 2.45) is 5.73 Å². The summed E-state index contributed by atoms with van der Waals surface area (Å²) in [5, 5.41) is 33.7. The van der Waals surface area contributed by atoms with Crippen molar-refractivity contribution in [1.82, 2.24) is 0 Å². The van der Waals surface area contributed by atoms with Crippen molar-refractivity contribution in [2.75, 3.05) is 0 Å². The Morgan fingerprint density at radius 2 is 1.50 bits per heavy atom. The van der Waals surface area contributed by atoms with Gasteiger partial charge in [-0.3, -0.25) is 4.79 Å². The van der Waals surface area contributed by atoms with Gasteiger partial charge in [0.25, 0.3) is 0 Å². The fourth-order valence-corrected chi connectivity index (χ4v) is 0.489. The summed E-state index contributed by atoms with van der Waals surface area (Å²) in [6.07, 6.45) is -4.20. The first kappa shape index (κ1) is 10.8. The van der Waals surface area contributed by atoms with E-state index in [1.165, 1.54) is 0 Å². The molecule has 0 aliphatic heterocycles. The van der Waals surface area contributed by atoms with Crippen LogP contribution < -0.4 is 5.73 Å². The third-order valence-electron chi connectivity index (χ3n) is 1.23. The van der Waals surface area contributed by atoms with Gasteiger partial charge < -0.3 is 26.2 Å². The summed E-state index contributed by atoms with van der Waals surface area (Å²) in [4.78, 5) is 20.1. The quantitative estimate of drug-likeness (QED) is 0.314. The molecule has 7 nitrogen and oxygen atoms in total. The Morgan fingerprint density at radius 3 is 1.75 bits per heavy atom. The summed E-state index contributed by atoms with van der Waals surface area (Å²) in [7, 11) is 0. The molecule has 0 saturated heterocycles. The Morgan fingerprint density at radius 1 is 1.08 bits per heavy atom. The summed E-state index contributed by atoms with van der Waals surface area (Å²) >= 11 is 0. The summed E-state index contributed by atoms with van der Waals surface area (Å²) in [5.74, 6) is -3.30. The molecule has 0 aliphatic rings. The zero-order valence-corrected chi connectivity index (χ0v) is 5.91. The van der Waals surface area contributed by atoms with Crippen LogP contribution in [0.25, 0.3) is 0 Å². The molecule has 7 heteroatoms. The van der Waals surface area contributed by atoms with Crippen LogP contribution in [0.3, 0.4) is 0 Å². The third-order valence-corrected chi connectivity index (χ3v) is 1.23. The SMILES string of the molecule is N[C@@H](C(=O)O)[C@@H](O)[C@H](O)C(=O)O. The first-order valence-corrected chi connectivity index (χ1v) is 2.95. The molecule has 70 valence electrons. The molecule has 0 aliphatic carbocycles. The van der Waals surface area contributed by atoms with Crippen LogP contribution in [-0.2, 0) is 9.59 Å². The fraction of sp³-hybridized carbons (Fsp3) is 0.600. The van der Waals surface area contributed by atoms with E-state index in [1.54, 1.807) is 0 Å². The molecule has 0 radical (unpaired) electrons. The number of nitrogens with two attached hydrogens (primary N) is 1. The molecule has 0 unspecified atom stereocenters. The van der Waals surface area contributed by atoms with Crippen molar-refractivity contribution in [2.45, 2.75) is 18.2 Å². The molecule has 0 heterocycles. The molecule has 0 amide bonds. The predicted molar refractivity (Wildman–Crippen MR) is 35.3 cm³/mol. The van der Waals surface area contributed by atoms with Crippen molar-refractivity contribution in [3.05, 3.63) is 0 Å². The minimum Gasteiger partial charge on any atom is -0.480 e. The van der Waals surface area contributed by atoms with Gasteiger partial charge >= 0.3 is 11.9 Å². The van der Waals surface area contributed by atoms with Crippen LogP contribution in [0.15, 0.2) is 0 Å². The first-order valence-electron chi connectivity index (χ1n) is 2.95. The lowest BCUT2D eigenvalue weighted by molar-refractivity contribution is -0.156. The van der Waals surface area contributed by atoms with Gasteiger partial charge in [0.15, 0.2) is 6.10 Å². The number of carboxylic acids is 2. The number of carboxylic acid groups (broad SMARTS) is 2. The van der Waals surface area contributed by atoms with E-state index in [9.17, 15) is 9.59 Å². The highest BCUT2D eigenvalue weighted by atomic mass is 16.4. The summed E-state index contributed by atoms with van der Waals surface area (Å²) in [6.45, 7) is 0. The molecule has 0 spiro atoms. The molecule has 0 aromatic carbocycles. The van der Waals surface area contributed by atoms with Crippen LogP contribution in [-0.4, -0.2) is 50.6 Å². The third kappa shape index (κ3) is 2.46. The van der Waals surface area contributed by atoms with Gasteiger partial charge in [-0.25, -0.2) is 4.79 Å².